The van der Waals surface area contributed by atoms with Crippen molar-refractivity contribution >= 4 is 0 Å². The number of likely N-dealkylation sites (tertiary alicyclic amines) is 1. The summed E-state index contributed by atoms with van der Waals surface area (Å²) in [5.74, 6) is 11.4. The summed E-state index contributed by atoms with van der Waals surface area (Å²) < 4.78 is 0. The van der Waals surface area contributed by atoms with Crippen molar-refractivity contribution in [2.45, 2.75) is 191 Å². The summed E-state index contributed by atoms with van der Waals surface area (Å²) in [7, 11) is 0. The zero-order valence-corrected chi connectivity index (χ0v) is 28.9. The van der Waals surface area contributed by atoms with Gasteiger partial charge in [-0.1, -0.05) is 89.9 Å². The van der Waals surface area contributed by atoms with Gasteiger partial charge in [0, 0.05) is 18.1 Å². The third-order valence-corrected chi connectivity index (χ3v) is 16.8. The molecule has 250 valence electrons. The number of fused-ring (bicyclic) bond motifs is 6. The molecule has 11 atom stereocenters. The van der Waals surface area contributed by atoms with Crippen molar-refractivity contribution in [3.63, 3.8) is 0 Å². The summed E-state index contributed by atoms with van der Waals surface area (Å²) in [5.41, 5.74) is 7.13. The van der Waals surface area contributed by atoms with E-state index >= 15 is 0 Å². The minimum atomic E-state index is 0.476. The summed E-state index contributed by atoms with van der Waals surface area (Å²) >= 11 is 0. The standard InChI is InChI=1S/C42H72N2/c43-39(30-15-5-2-6-16-30)27-31(29-13-3-1-4-14-29)25-26-44-40-22-12-11-19-35(40)36-24-23-32(28-41(36)44)42-37-20-9-7-17-33(37)34-18-8-10-21-38(34)42/h29-42H,1-28,43H2. The molecule has 0 spiro atoms. The normalized spacial score (nSPS) is 45.2. The van der Waals surface area contributed by atoms with Gasteiger partial charge in [0.1, 0.15) is 0 Å². The number of nitrogens with two attached hydrogens (primary N) is 1. The van der Waals surface area contributed by atoms with Gasteiger partial charge in [-0.15, -0.1) is 0 Å². The Bertz CT molecular complexity index is 881. The second kappa shape index (κ2) is 14.2. The summed E-state index contributed by atoms with van der Waals surface area (Å²) in [5, 5.41) is 0. The molecule has 44 heavy (non-hydrogen) atoms. The molecule has 1 saturated heterocycles. The number of hydrogen-bond acceptors (Lipinski definition) is 2. The Kier molecular flexibility index (Phi) is 10.1. The van der Waals surface area contributed by atoms with E-state index in [1.807, 2.05) is 0 Å². The predicted molar refractivity (Wildman–Crippen MR) is 185 cm³/mol. The Labute approximate surface area is 273 Å². The second-order valence-electron chi connectivity index (χ2n) is 18.6. The molecule has 7 aliphatic carbocycles. The second-order valence-corrected chi connectivity index (χ2v) is 18.6. The SMILES string of the molecule is NC(CC(CCN1C2CCCCC2C2CCC(C3C4CCCCC4C4CCCCC43)CC21)C1CCCCC1)C1CCCCC1. The van der Waals surface area contributed by atoms with Crippen molar-refractivity contribution in [3.8, 4) is 0 Å². The van der Waals surface area contributed by atoms with Crippen molar-refractivity contribution in [2.24, 2.45) is 70.8 Å². The van der Waals surface area contributed by atoms with Gasteiger partial charge in [0.25, 0.3) is 0 Å². The molecule has 0 aromatic carbocycles. The van der Waals surface area contributed by atoms with Gasteiger partial charge >= 0.3 is 0 Å². The van der Waals surface area contributed by atoms with Gasteiger partial charge in [-0.05, 0) is 155 Å². The maximum atomic E-state index is 7.13. The molecule has 0 aromatic rings. The largest absolute Gasteiger partial charge is 0.327 e. The zero-order chi connectivity index (χ0) is 29.5. The maximum Gasteiger partial charge on any atom is 0.0132 e. The summed E-state index contributed by atoms with van der Waals surface area (Å²) in [6.07, 6.45) is 41.0. The minimum absolute atomic E-state index is 0.476. The van der Waals surface area contributed by atoms with E-state index in [4.69, 9.17) is 5.73 Å². The quantitative estimate of drug-likeness (QED) is 0.299. The van der Waals surface area contributed by atoms with Crippen molar-refractivity contribution in [3.05, 3.63) is 0 Å². The predicted octanol–water partition coefficient (Wildman–Crippen LogP) is 10.8. The van der Waals surface area contributed by atoms with Gasteiger partial charge in [-0.25, -0.2) is 0 Å². The first-order chi connectivity index (χ1) is 21.8. The van der Waals surface area contributed by atoms with Crippen molar-refractivity contribution < 1.29 is 0 Å². The molecule has 7 saturated carbocycles. The Morgan fingerprint density at radius 2 is 1.00 bits per heavy atom. The highest BCUT2D eigenvalue weighted by Crippen LogP contribution is 2.62. The molecule has 0 amide bonds. The van der Waals surface area contributed by atoms with Crippen LogP contribution in [-0.2, 0) is 0 Å². The lowest BCUT2D eigenvalue weighted by molar-refractivity contribution is 0.0531. The van der Waals surface area contributed by atoms with E-state index in [9.17, 15) is 0 Å². The van der Waals surface area contributed by atoms with Crippen LogP contribution in [0.15, 0.2) is 0 Å². The molecule has 2 N–H and O–H groups in total. The van der Waals surface area contributed by atoms with E-state index in [1.54, 1.807) is 77.0 Å². The van der Waals surface area contributed by atoms with E-state index in [0.717, 1.165) is 77.2 Å². The topological polar surface area (TPSA) is 29.3 Å². The van der Waals surface area contributed by atoms with Crippen molar-refractivity contribution in [1.82, 2.24) is 4.90 Å². The molecule has 1 aliphatic heterocycles. The monoisotopic (exact) mass is 605 g/mol. The van der Waals surface area contributed by atoms with Gasteiger partial charge in [-0.2, -0.15) is 0 Å². The molecule has 8 aliphatic rings. The summed E-state index contributed by atoms with van der Waals surface area (Å²) in [4.78, 5) is 3.27. The molecule has 11 unspecified atom stereocenters. The zero-order valence-electron chi connectivity index (χ0n) is 28.9. The molecular weight excluding hydrogens is 532 g/mol. The fraction of sp³-hybridized carbons (Fsp3) is 1.00. The number of hydrogen-bond donors (Lipinski definition) is 1. The molecule has 2 nitrogen and oxygen atoms in total. The smallest absolute Gasteiger partial charge is 0.0132 e. The van der Waals surface area contributed by atoms with Crippen LogP contribution >= 0.6 is 0 Å². The van der Waals surface area contributed by atoms with Gasteiger partial charge in [0.2, 0.25) is 0 Å². The fourth-order valence-electron chi connectivity index (χ4n) is 15.0. The number of nitrogens with zero attached hydrogens (tertiary/aromatic N) is 1. The van der Waals surface area contributed by atoms with Crippen LogP contribution in [0.3, 0.4) is 0 Å². The lowest BCUT2D eigenvalue weighted by Gasteiger charge is -2.44. The van der Waals surface area contributed by atoms with Gasteiger partial charge in [-0.3, -0.25) is 4.90 Å². The highest BCUT2D eigenvalue weighted by molar-refractivity contribution is 5.08. The van der Waals surface area contributed by atoms with Crippen LogP contribution in [0.4, 0.5) is 0 Å². The first-order valence-corrected chi connectivity index (χ1v) is 21.3. The first-order valence-electron chi connectivity index (χ1n) is 21.3. The highest BCUT2D eigenvalue weighted by Gasteiger charge is 2.57. The van der Waals surface area contributed by atoms with Gasteiger partial charge in [0.05, 0.1) is 0 Å². The van der Waals surface area contributed by atoms with Crippen LogP contribution in [0.25, 0.3) is 0 Å². The molecular formula is C42H72N2. The van der Waals surface area contributed by atoms with E-state index in [0.29, 0.717) is 6.04 Å². The van der Waals surface area contributed by atoms with Crippen LogP contribution in [0, 0.1) is 65.1 Å². The average Bonchev–Trinajstić information content (AvgIpc) is 3.59. The Morgan fingerprint density at radius 3 is 1.66 bits per heavy atom. The van der Waals surface area contributed by atoms with E-state index in [1.165, 1.54) is 103 Å². The Balaban J connectivity index is 0.993. The molecule has 1 heterocycles. The van der Waals surface area contributed by atoms with E-state index < -0.39 is 0 Å². The maximum absolute atomic E-state index is 7.13. The van der Waals surface area contributed by atoms with Gasteiger partial charge < -0.3 is 5.73 Å². The van der Waals surface area contributed by atoms with Crippen LogP contribution in [0.5, 0.6) is 0 Å². The number of rotatable bonds is 8. The molecule has 8 rings (SSSR count). The summed E-state index contributed by atoms with van der Waals surface area (Å²) in [6, 6.07) is 2.35. The van der Waals surface area contributed by atoms with Crippen molar-refractivity contribution in [1.29, 1.82) is 0 Å². The molecule has 8 fully saturated rings. The Morgan fingerprint density at radius 1 is 0.477 bits per heavy atom. The van der Waals surface area contributed by atoms with E-state index in [2.05, 4.69) is 4.90 Å². The third-order valence-electron chi connectivity index (χ3n) is 16.8. The molecule has 2 heteroatoms. The molecule has 0 bridgehead atoms. The van der Waals surface area contributed by atoms with Crippen molar-refractivity contribution in [2.75, 3.05) is 6.54 Å². The molecule has 0 radical (unpaired) electrons. The fourth-order valence-corrected chi connectivity index (χ4v) is 15.0. The Hall–Kier alpha value is -0.0800. The average molecular weight is 605 g/mol. The first kappa shape index (κ1) is 31.2. The summed E-state index contributed by atoms with van der Waals surface area (Å²) in [6.45, 7) is 1.43. The minimum Gasteiger partial charge on any atom is -0.327 e. The lowest BCUT2D eigenvalue weighted by atomic mass is 9.63. The van der Waals surface area contributed by atoms with Crippen LogP contribution in [0.1, 0.15) is 173 Å². The van der Waals surface area contributed by atoms with Crippen LogP contribution < -0.4 is 5.73 Å². The van der Waals surface area contributed by atoms with Crippen LogP contribution in [-0.4, -0.2) is 29.6 Å². The molecule has 0 aromatic heterocycles. The third kappa shape index (κ3) is 6.14. The highest BCUT2D eigenvalue weighted by atomic mass is 15.2. The van der Waals surface area contributed by atoms with E-state index in [-0.39, 0.29) is 0 Å². The lowest BCUT2D eigenvalue weighted by Crippen LogP contribution is -2.44. The van der Waals surface area contributed by atoms with Gasteiger partial charge in [0.15, 0.2) is 0 Å². The van der Waals surface area contributed by atoms with Crippen LogP contribution in [0.2, 0.25) is 0 Å².